The fourth-order valence-electron chi connectivity index (χ4n) is 4.04. The number of carbonyl (C=O) groups excluding carboxylic acids is 3. The summed E-state index contributed by atoms with van der Waals surface area (Å²) >= 11 is 0. The van der Waals surface area contributed by atoms with Crippen LogP contribution < -0.4 is 25.8 Å². The van der Waals surface area contributed by atoms with Gasteiger partial charge in [0.05, 0.1) is 23.5 Å². The van der Waals surface area contributed by atoms with Gasteiger partial charge in [-0.2, -0.15) is 0 Å². The number of allylic oxidation sites excluding steroid dienone is 2. The molecular weight excluding hydrogens is 534 g/mol. The number of anilines is 2. The number of nitrogens with two attached hydrogens (primary N) is 1. The maximum Gasteiger partial charge on any atom is 0.338 e. The molecular formula is C33H33N3O6. The van der Waals surface area contributed by atoms with Crippen molar-refractivity contribution in [2.75, 3.05) is 30.4 Å². The smallest absolute Gasteiger partial charge is 0.338 e. The van der Waals surface area contributed by atoms with E-state index in [0.29, 0.717) is 22.9 Å². The topological polar surface area (TPSA) is 129 Å². The lowest BCUT2D eigenvalue weighted by atomic mass is 10.1. The molecule has 0 saturated heterocycles. The average molecular weight is 568 g/mol. The first kappa shape index (κ1) is 29.8. The SMILES string of the molecule is C=CCOC(=O)c1ccc(NC(=O)c2ccc(NC(=O)CN)c(OCc3ccccc3)c2)c(OCC2=CCCC=C2)c1. The van der Waals surface area contributed by atoms with Gasteiger partial charge in [0.2, 0.25) is 5.91 Å². The van der Waals surface area contributed by atoms with E-state index in [2.05, 4.69) is 29.4 Å². The molecule has 0 atom stereocenters. The molecule has 2 amide bonds. The van der Waals surface area contributed by atoms with Gasteiger partial charge in [-0.25, -0.2) is 4.79 Å². The minimum absolute atomic E-state index is 0.0710. The first-order chi connectivity index (χ1) is 20.5. The molecule has 4 rings (SSSR count). The highest BCUT2D eigenvalue weighted by molar-refractivity contribution is 6.06. The molecule has 0 aromatic heterocycles. The fraction of sp³-hybridized carbons (Fsp3) is 0.182. The Morgan fingerprint density at radius 3 is 2.24 bits per heavy atom. The van der Waals surface area contributed by atoms with E-state index in [4.69, 9.17) is 19.9 Å². The van der Waals surface area contributed by atoms with Crippen molar-refractivity contribution < 1.29 is 28.6 Å². The third kappa shape index (κ3) is 8.42. The third-order valence-corrected chi connectivity index (χ3v) is 6.20. The van der Waals surface area contributed by atoms with Crippen molar-refractivity contribution in [3.05, 3.63) is 120 Å². The van der Waals surface area contributed by atoms with Gasteiger partial charge in [-0.3, -0.25) is 9.59 Å². The van der Waals surface area contributed by atoms with E-state index < -0.39 is 17.8 Å². The predicted octanol–water partition coefficient (Wildman–Crippen LogP) is 5.41. The molecule has 9 nitrogen and oxygen atoms in total. The molecule has 4 N–H and O–H groups in total. The monoisotopic (exact) mass is 567 g/mol. The Kier molecular flexibility index (Phi) is 10.7. The largest absolute Gasteiger partial charge is 0.487 e. The van der Waals surface area contributed by atoms with Crippen molar-refractivity contribution in [3.8, 4) is 11.5 Å². The molecule has 0 unspecified atom stereocenters. The Morgan fingerprint density at radius 2 is 1.55 bits per heavy atom. The Labute approximate surface area is 244 Å². The van der Waals surface area contributed by atoms with E-state index in [9.17, 15) is 14.4 Å². The lowest BCUT2D eigenvalue weighted by molar-refractivity contribution is -0.114. The molecule has 1 aliphatic carbocycles. The number of esters is 1. The van der Waals surface area contributed by atoms with Gasteiger partial charge in [0.1, 0.15) is 31.3 Å². The van der Waals surface area contributed by atoms with Crippen LogP contribution in [0.4, 0.5) is 11.4 Å². The lowest BCUT2D eigenvalue weighted by Gasteiger charge is -2.16. The zero-order valence-electron chi connectivity index (χ0n) is 23.1. The Balaban J connectivity index is 1.57. The molecule has 0 aliphatic heterocycles. The number of hydrogen-bond acceptors (Lipinski definition) is 7. The number of carbonyl (C=O) groups is 3. The van der Waals surface area contributed by atoms with Crippen LogP contribution in [0.3, 0.4) is 0 Å². The van der Waals surface area contributed by atoms with Crippen LogP contribution >= 0.6 is 0 Å². The molecule has 9 heteroatoms. The molecule has 3 aromatic rings. The summed E-state index contributed by atoms with van der Waals surface area (Å²) in [5.41, 5.74) is 8.69. The number of nitrogens with one attached hydrogen (secondary N) is 2. The van der Waals surface area contributed by atoms with Crippen LogP contribution in [-0.4, -0.2) is 37.5 Å². The summed E-state index contributed by atoms with van der Waals surface area (Å²) in [4.78, 5) is 37.8. The molecule has 42 heavy (non-hydrogen) atoms. The fourth-order valence-corrected chi connectivity index (χ4v) is 4.04. The highest BCUT2D eigenvalue weighted by atomic mass is 16.5. The normalized spacial score (nSPS) is 12.1. The summed E-state index contributed by atoms with van der Waals surface area (Å²) in [5, 5.41) is 5.56. The van der Waals surface area contributed by atoms with E-state index in [1.807, 2.05) is 36.4 Å². The molecule has 1 aliphatic rings. The molecule has 216 valence electrons. The van der Waals surface area contributed by atoms with Crippen molar-refractivity contribution in [2.24, 2.45) is 5.73 Å². The minimum atomic E-state index is -0.537. The van der Waals surface area contributed by atoms with Crippen LogP contribution in [0.15, 0.2) is 103 Å². The molecule has 0 bridgehead atoms. The van der Waals surface area contributed by atoms with Crippen molar-refractivity contribution >= 4 is 29.2 Å². The Bertz CT molecular complexity index is 1500. The average Bonchev–Trinajstić information content (AvgIpc) is 3.03. The highest BCUT2D eigenvalue weighted by Crippen LogP contribution is 2.30. The van der Waals surface area contributed by atoms with Crippen LogP contribution in [-0.2, 0) is 16.1 Å². The van der Waals surface area contributed by atoms with Gasteiger partial charge in [0.15, 0.2) is 0 Å². The molecule has 0 heterocycles. The van der Waals surface area contributed by atoms with Crippen LogP contribution in [0.1, 0.15) is 39.1 Å². The van der Waals surface area contributed by atoms with E-state index in [-0.39, 0.29) is 37.5 Å². The number of rotatable bonds is 13. The second kappa shape index (κ2) is 15.0. The minimum Gasteiger partial charge on any atom is -0.487 e. The second-order valence-corrected chi connectivity index (χ2v) is 9.34. The van der Waals surface area contributed by atoms with Gasteiger partial charge >= 0.3 is 5.97 Å². The van der Waals surface area contributed by atoms with Crippen molar-refractivity contribution in [1.29, 1.82) is 0 Å². The summed E-state index contributed by atoms with van der Waals surface area (Å²) < 4.78 is 17.2. The first-order valence-electron chi connectivity index (χ1n) is 13.5. The summed E-state index contributed by atoms with van der Waals surface area (Å²) in [6.45, 7) is 3.92. The number of amides is 2. The number of ether oxygens (including phenoxy) is 3. The van der Waals surface area contributed by atoms with Gasteiger partial charge in [-0.1, -0.05) is 61.2 Å². The number of hydrogen-bond donors (Lipinski definition) is 3. The molecule has 0 saturated carbocycles. The van der Waals surface area contributed by atoms with Gasteiger partial charge < -0.3 is 30.6 Å². The molecule has 0 fully saturated rings. The van der Waals surface area contributed by atoms with Crippen LogP contribution in [0.5, 0.6) is 11.5 Å². The zero-order valence-corrected chi connectivity index (χ0v) is 23.1. The summed E-state index contributed by atoms with van der Waals surface area (Å²) in [6, 6.07) is 18.9. The number of benzene rings is 3. The summed E-state index contributed by atoms with van der Waals surface area (Å²) in [7, 11) is 0. The summed E-state index contributed by atoms with van der Waals surface area (Å²) in [5.74, 6) is -0.762. The lowest BCUT2D eigenvalue weighted by Crippen LogP contribution is -2.22. The van der Waals surface area contributed by atoms with Crippen LogP contribution in [0, 0.1) is 0 Å². The van der Waals surface area contributed by atoms with Gasteiger partial charge in [0.25, 0.3) is 5.91 Å². The van der Waals surface area contributed by atoms with Crippen molar-refractivity contribution in [1.82, 2.24) is 0 Å². The maximum atomic E-state index is 13.4. The Hall–Kier alpha value is -5.15. The third-order valence-electron chi connectivity index (χ3n) is 6.20. The quantitative estimate of drug-likeness (QED) is 0.186. The van der Waals surface area contributed by atoms with E-state index >= 15 is 0 Å². The van der Waals surface area contributed by atoms with E-state index in [0.717, 1.165) is 24.0 Å². The van der Waals surface area contributed by atoms with Crippen molar-refractivity contribution in [2.45, 2.75) is 19.4 Å². The van der Waals surface area contributed by atoms with Gasteiger partial charge in [0, 0.05) is 5.56 Å². The van der Waals surface area contributed by atoms with Crippen LogP contribution in [0.25, 0.3) is 0 Å². The van der Waals surface area contributed by atoms with Gasteiger partial charge in [-0.05, 0) is 60.4 Å². The maximum absolute atomic E-state index is 13.4. The predicted molar refractivity (Wildman–Crippen MR) is 162 cm³/mol. The van der Waals surface area contributed by atoms with E-state index in [1.54, 1.807) is 30.3 Å². The standard InChI is InChI=1S/C33H33N3O6/c1-2-17-40-33(39)26-14-16-28(30(19-26)42-22-24-11-7-4-8-12-24)36-32(38)25-13-15-27(35-31(37)20-34)29(18-25)41-21-23-9-5-3-6-10-23/h2-3,5-7,9-16,18-19H,1,4,8,17,20-22,34H2,(H,35,37)(H,36,38). The van der Waals surface area contributed by atoms with Crippen molar-refractivity contribution in [3.63, 3.8) is 0 Å². The molecule has 0 spiro atoms. The second-order valence-electron chi connectivity index (χ2n) is 9.34. The molecule has 3 aromatic carbocycles. The van der Waals surface area contributed by atoms with E-state index in [1.165, 1.54) is 12.1 Å². The molecule has 0 radical (unpaired) electrons. The highest BCUT2D eigenvalue weighted by Gasteiger charge is 2.17. The Morgan fingerprint density at radius 1 is 0.857 bits per heavy atom. The first-order valence-corrected chi connectivity index (χ1v) is 13.5. The van der Waals surface area contributed by atoms with Crippen LogP contribution in [0.2, 0.25) is 0 Å². The van der Waals surface area contributed by atoms with Gasteiger partial charge in [-0.15, -0.1) is 0 Å². The zero-order chi connectivity index (χ0) is 29.7. The summed E-state index contributed by atoms with van der Waals surface area (Å²) in [6.07, 6.45) is 9.52.